The minimum absolute atomic E-state index is 0.00868. The Bertz CT molecular complexity index is 338. The number of hydrogen-bond donors (Lipinski definition) is 0. The van der Waals surface area contributed by atoms with Crippen molar-refractivity contribution in [3.63, 3.8) is 0 Å². The molecule has 0 heterocycles. The lowest BCUT2D eigenvalue weighted by atomic mass is 10.1. The zero-order valence-corrected chi connectivity index (χ0v) is 8.54. The minimum atomic E-state index is -0.660. The predicted molar refractivity (Wildman–Crippen MR) is 49.1 cm³/mol. The Kier molecular flexibility index (Phi) is 2.85. The normalized spacial score (nSPS) is 10.0. The van der Waals surface area contributed by atoms with E-state index in [1.54, 1.807) is 0 Å². The van der Waals surface area contributed by atoms with Crippen LogP contribution in [-0.2, 0) is 0 Å². The van der Waals surface area contributed by atoms with Gasteiger partial charge < -0.3 is 0 Å². The van der Waals surface area contributed by atoms with Crippen molar-refractivity contribution in [3.05, 3.63) is 33.0 Å². The van der Waals surface area contributed by atoms with Crippen LogP contribution in [0.2, 0.25) is 5.02 Å². The van der Waals surface area contributed by atoms with Gasteiger partial charge in [0.1, 0.15) is 0 Å². The number of benzene rings is 1. The van der Waals surface area contributed by atoms with Gasteiger partial charge in [-0.25, -0.2) is 4.39 Å². The van der Waals surface area contributed by atoms with Crippen LogP contribution in [0, 0.1) is 5.82 Å². The lowest BCUT2D eigenvalue weighted by Crippen LogP contribution is -1.97. The maximum absolute atomic E-state index is 13.1. The molecule has 64 valence electrons. The summed E-state index contributed by atoms with van der Waals surface area (Å²) in [5, 5.41) is -0.0467. The van der Waals surface area contributed by atoms with Gasteiger partial charge >= 0.3 is 0 Å². The van der Waals surface area contributed by atoms with Crippen molar-refractivity contribution in [2.24, 2.45) is 0 Å². The van der Waals surface area contributed by atoms with E-state index in [0.29, 0.717) is 4.47 Å². The van der Waals surface area contributed by atoms with Crippen molar-refractivity contribution in [2.45, 2.75) is 6.92 Å². The molecule has 0 saturated carbocycles. The first kappa shape index (κ1) is 9.68. The van der Waals surface area contributed by atoms with Crippen molar-refractivity contribution in [3.8, 4) is 0 Å². The second-order valence-corrected chi connectivity index (χ2v) is 3.63. The van der Waals surface area contributed by atoms with Gasteiger partial charge in [0.05, 0.1) is 10.6 Å². The maximum atomic E-state index is 13.1. The van der Waals surface area contributed by atoms with Crippen molar-refractivity contribution < 1.29 is 9.18 Å². The van der Waals surface area contributed by atoms with Gasteiger partial charge in [0.25, 0.3) is 0 Å². The highest BCUT2D eigenvalue weighted by atomic mass is 79.9. The molecule has 1 nitrogen and oxygen atoms in total. The minimum Gasteiger partial charge on any atom is -0.294 e. The maximum Gasteiger partial charge on any atom is 0.162 e. The molecule has 0 saturated heterocycles. The molecule has 0 N–H and O–H groups in total. The predicted octanol–water partition coefficient (Wildman–Crippen LogP) is 3.44. The van der Waals surface area contributed by atoms with E-state index in [4.69, 9.17) is 11.6 Å². The second kappa shape index (κ2) is 3.54. The number of halogens is 3. The SMILES string of the molecule is CC(=O)c1cc(Br)cc(Cl)c1F. The molecular weight excluding hydrogens is 246 g/mol. The lowest BCUT2D eigenvalue weighted by Gasteiger charge is -2.01. The Hall–Kier alpha value is -0.410. The molecule has 4 heteroatoms. The lowest BCUT2D eigenvalue weighted by molar-refractivity contribution is 0.101. The number of carbonyl (C=O) groups excluding carboxylic acids is 1. The summed E-state index contributed by atoms with van der Waals surface area (Å²) in [4.78, 5) is 10.9. The van der Waals surface area contributed by atoms with Crippen LogP contribution in [0.25, 0.3) is 0 Å². The third kappa shape index (κ3) is 1.84. The van der Waals surface area contributed by atoms with Crippen molar-refractivity contribution >= 4 is 33.3 Å². The van der Waals surface area contributed by atoms with Gasteiger partial charge in [0.2, 0.25) is 0 Å². The molecule has 1 aromatic carbocycles. The average molecular weight is 251 g/mol. The summed E-state index contributed by atoms with van der Waals surface area (Å²) in [5.74, 6) is -0.997. The zero-order chi connectivity index (χ0) is 9.30. The van der Waals surface area contributed by atoms with Crippen molar-refractivity contribution in [2.75, 3.05) is 0 Å². The molecule has 0 aliphatic rings. The molecule has 0 fully saturated rings. The number of carbonyl (C=O) groups is 1. The molecule has 0 unspecified atom stereocenters. The third-order valence-electron chi connectivity index (χ3n) is 1.37. The van der Waals surface area contributed by atoms with Crippen molar-refractivity contribution in [1.29, 1.82) is 0 Å². The molecule has 0 bridgehead atoms. The summed E-state index contributed by atoms with van der Waals surface area (Å²) in [6, 6.07) is 2.81. The highest BCUT2D eigenvalue weighted by Gasteiger charge is 2.11. The monoisotopic (exact) mass is 250 g/mol. The average Bonchev–Trinajstić information content (AvgIpc) is 1.96. The van der Waals surface area contributed by atoms with E-state index < -0.39 is 5.82 Å². The smallest absolute Gasteiger partial charge is 0.162 e. The zero-order valence-electron chi connectivity index (χ0n) is 6.20. The Morgan fingerprint density at radius 2 is 2.17 bits per heavy atom. The van der Waals surface area contributed by atoms with Crippen LogP contribution in [0.4, 0.5) is 4.39 Å². The summed E-state index contributed by atoms with van der Waals surface area (Å²) in [7, 11) is 0. The summed E-state index contributed by atoms with van der Waals surface area (Å²) in [6.07, 6.45) is 0. The first-order valence-electron chi connectivity index (χ1n) is 3.18. The van der Waals surface area contributed by atoms with Gasteiger partial charge in [0.15, 0.2) is 11.6 Å². The molecule has 0 atom stereocenters. The quantitative estimate of drug-likeness (QED) is 0.552. The third-order valence-corrected chi connectivity index (χ3v) is 2.11. The largest absolute Gasteiger partial charge is 0.294 e. The molecular formula is C8H5BrClFO. The van der Waals surface area contributed by atoms with Gasteiger partial charge in [-0.2, -0.15) is 0 Å². The Morgan fingerprint density at radius 1 is 1.58 bits per heavy atom. The van der Waals surface area contributed by atoms with E-state index in [2.05, 4.69) is 15.9 Å². The number of Topliss-reactive ketones (excluding diaryl/α,β-unsaturated/α-hetero) is 1. The van der Waals surface area contributed by atoms with Gasteiger partial charge in [-0.15, -0.1) is 0 Å². The Balaban J connectivity index is 3.37. The fourth-order valence-corrected chi connectivity index (χ4v) is 1.62. The molecule has 0 aromatic heterocycles. The Labute approximate surface area is 82.7 Å². The fraction of sp³-hybridized carbons (Fsp3) is 0.125. The molecule has 1 aromatic rings. The first-order chi connectivity index (χ1) is 5.52. The standard InChI is InChI=1S/C8H5BrClFO/c1-4(12)6-2-5(9)3-7(10)8(6)11/h2-3H,1H3. The molecule has 0 spiro atoms. The summed E-state index contributed by atoms with van der Waals surface area (Å²) in [6.45, 7) is 1.29. The van der Waals surface area contributed by atoms with Crippen LogP contribution >= 0.6 is 27.5 Å². The van der Waals surface area contributed by atoms with Gasteiger partial charge in [0, 0.05) is 4.47 Å². The van der Waals surface area contributed by atoms with Gasteiger partial charge in [-0.3, -0.25) is 4.79 Å². The van der Waals surface area contributed by atoms with E-state index in [1.807, 2.05) is 0 Å². The first-order valence-corrected chi connectivity index (χ1v) is 4.35. The highest BCUT2D eigenvalue weighted by Crippen LogP contribution is 2.24. The molecule has 0 amide bonds. The van der Waals surface area contributed by atoms with E-state index in [-0.39, 0.29) is 16.4 Å². The molecule has 0 radical (unpaired) electrons. The number of ketones is 1. The van der Waals surface area contributed by atoms with E-state index in [0.717, 1.165) is 0 Å². The van der Waals surface area contributed by atoms with E-state index in [1.165, 1.54) is 19.1 Å². The number of hydrogen-bond acceptors (Lipinski definition) is 1. The number of rotatable bonds is 1. The van der Waals surface area contributed by atoms with Gasteiger partial charge in [-0.1, -0.05) is 27.5 Å². The van der Waals surface area contributed by atoms with Crippen LogP contribution in [0.5, 0.6) is 0 Å². The topological polar surface area (TPSA) is 17.1 Å². The van der Waals surface area contributed by atoms with Crippen molar-refractivity contribution in [1.82, 2.24) is 0 Å². The molecule has 1 rings (SSSR count). The van der Waals surface area contributed by atoms with Gasteiger partial charge in [-0.05, 0) is 19.1 Å². The van der Waals surface area contributed by atoms with Crippen LogP contribution in [0.3, 0.4) is 0 Å². The van der Waals surface area contributed by atoms with E-state index in [9.17, 15) is 9.18 Å². The second-order valence-electron chi connectivity index (χ2n) is 2.31. The summed E-state index contributed by atoms with van der Waals surface area (Å²) in [5.41, 5.74) is 0.00868. The molecule has 0 aliphatic carbocycles. The Morgan fingerprint density at radius 3 is 2.67 bits per heavy atom. The van der Waals surface area contributed by atoms with Crippen LogP contribution in [0.1, 0.15) is 17.3 Å². The molecule has 0 aliphatic heterocycles. The van der Waals surface area contributed by atoms with Crippen LogP contribution in [0.15, 0.2) is 16.6 Å². The van der Waals surface area contributed by atoms with E-state index >= 15 is 0 Å². The highest BCUT2D eigenvalue weighted by molar-refractivity contribution is 9.10. The summed E-state index contributed by atoms with van der Waals surface area (Å²) >= 11 is 8.62. The molecule has 12 heavy (non-hydrogen) atoms. The van der Waals surface area contributed by atoms with Crippen LogP contribution in [-0.4, -0.2) is 5.78 Å². The summed E-state index contributed by atoms with van der Waals surface area (Å²) < 4.78 is 13.7. The fourth-order valence-electron chi connectivity index (χ4n) is 0.812. The van der Waals surface area contributed by atoms with Crippen LogP contribution < -0.4 is 0 Å².